The van der Waals surface area contributed by atoms with Crippen LogP contribution in [0, 0.1) is 0 Å². The summed E-state index contributed by atoms with van der Waals surface area (Å²) in [6.07, 6.45) is 2.49. The summed E-state index contributed by atoms with van der Waals surface area (Å²) in [7, 11) is 0. The Morgan fingerprint density at radius 3 is 2.83 bits per heavy atom. The van der Waals surface area contributed by atoms with Gasteiger partial charge >= 0.3 is 5.97 Å². The van der Waals surface area contributed by atoms with Crippen molar-refractivity contribution in [2.24, 2.45) is 5.73 Å². The van der Waals surface area contributed by atoms with Crippen molar-refractivity contribution in [3.63, 3.8) is 0 Å². The number of likely N-dealkylation sites (tertiary alicyclic amines) is 1. The van der Waals surface area contributed by atoms with Gasteiger partial charge in [0, 0.05) is 12.6 Å². The van der Waals surface area contributed by atoms with Gasteiger partial charge in [-0.15, -0.1) is 0 Å². The van der Waals surface area contributed by atoms with E-state index in [1.165, 1.54) is 5.56 Å². The van der Waals surface area contributed by atoms with Gasteiger partial charge in [0.05, 0.1) is 0 Å². The first kappa shape index (κ1) is 13.1. The number of carboxylic acid groups (broad SMARTS) is 1. The maximum Gasteiger partial charge on any atom is 0.320 e. The molecule has 2 atom stereocenters. The van der Waals surface area contributed by atoms with Crippen LogP contribution in [0.15, 0.2) is 30.3 Å². The molecule has 98 valence electrons. The molecule has 4 heteroatoms. The Morgan fingerprint density at radius 1 is 1.44 bits per heavy atom. The van der Waals surface area contributed by atoms with Gasteiger partial charge in [0.1, 0.15) is 6.04 Å². The summed E-state index contributed by atoms with van der Waals surface area (Å²) in [5.41, 5.74) is 7.32. The zero-order chi connectivity index (χ0) is 13.0. The molecule has 2 rings (SSSR count). The first-order valence-electron chi connectivity index (χ1n) is 6.43. The summed E-state index contributed by atoms with van der Waals surface area (Å²) < 4.78 is 0. The van der Waals surface area contributed by atoms with Gasteiger partial charge in [-0.1, -0.05) is 30.3 Å². The minimum absolute atomic E-state index is 0.00708. The van der Waals surface area contributed by atoms with Crippen LogP contribution < -0.4 is 5.73 Å². The Morgan fingerprint density at radius 2 is 2.17 bits per heavy atom. The first-order chi connectivity index (χ1) is 8.66. The Labute approximate surface area is 107 Å². The van der Waals surface area contributed by atoms with Crippen LogP contribution in [0.3, 0.4) is 0 Å². The lowest BCUT2D eigenvalue weighted by molar-refractivity contribution is -0.142. The predicted molar refractivity (Wildman–Crippen MR) is 70.4 cm³/mol. The molecule has 1 aromatic rings. The van der Waals surface area contributed by atoms with Crippen molar-refractivity contribution in [2.45, 2.75) is 31.3 Å². The quantitative estimate of drug-likeness (QED) is 0.819. The lowest BCUT2D eigenvalue weighted by atomic mass is 10.1. The molecule has 1 saturated heterocycles. The molecule has 1 unspecified atom stereocenters. The van der Waals surface area contributed by atoms with Crippen molar-refractivity contribution in [1.82, 2.24) is 4.90 Å². The Bertz CT molecular complexity index is 394. The van der Waals surface area contributed by atoms with Gasteiger partial charge in [-0.05, 0) is 31.4 Å². The van der Waals surface area contributed by atoms with Crippen molar-refractivity contribution < 1.29 is 9.90 Å². The molecule has 0 aromatic heterocycles. The number of rotatable bonds is 5. The standard InChI is InChI=1S/C14H20N2O2/c15-12(9-11-5-2-1-3-6-11)10-16-8-4-7-13(16)14(17)18/h1-3,5-6,12-13H,4,7-10,15H2,(H,17,18)/t12?,13-/m0/s1. The maximum absolute atomic E-state index is 11.1. The fraction of sp³-hybridized carbons (Fsp3) is 0.500. The van der Waals surface area contributed by atoms with Crippen LogP contribution in [-0.2, 0) is 11.2 Å². The average molecular weight is 248 g/mol. The number of nitrogens with zero attached hydrogens (tertiary/aromatic N) is 1. The molecule has 0 bridgehead atoms. The third kappa shape index (κ3) is 3.31. The second-order valence-corrected chi connectivity index (χ2v) is 4.94. The molecule has 1 aliphatic heterocycles. The highest BCUT2D eigenvalue weighted by Crippen LogP contribution is 2.17. The van der Waals surface area contributed by atoms with Gasteiger partial charge in [0.15, 0.2) is 0 Å². The molecule has 18 heavy (non-hydrogen) atoms. The predicted octanol–water partition coefficient (Wildman–Crippen LogP) is 1.11. The fourth-order valence-electron chi connectivity index (χ4n) is 2.61. The van der Waals surface area contributed by atoms with Gasteiger partial charge in [-0.25, -0.2) is 0 Å². The van der Waals surface area contributed by atoms with E-state index in [4.69, 9.17) is 10.8 Å². The summed E-state index contributed by atoms with van der Waals surface area (Å²) in [4.78, 5) is 13.1. The number of benzene rings is 1. The van der Waals surface area contributed by atoms with Crippen LogP contribution in [0.1, 0.15) is 18.4 Å². The molecule has 1 aliphatic rings. The van der Waals surface area contributed by atoms with E-state index in [0.29, 0.717) is 6.54 Å². The Balaban J connectivity index is 1.87. The van der Waals surface area contributed by atoms with E-state index in [2.05, 4.69) is 12.1 Å². The van der Waals surface area contributed by atoms with E-state index >= 15 is 0 Å². The topological polar surface area (TPSA) is 66.6 Å². The minimum atomic E-state index is -0.723. The van der Waals surface area contributed by atoms with Crippen LogP contribution >= 0.6 is 0 Å². The highest BCUT2D eigenvalue weighted by atomic mass is 16.4. The number of hydrogen-bond donors (Lipinski definition) is 2. The summed E-state index contributed by atoms with van der Waals surface area (Å²) >= 11 is 0. The normalized spacial score (nSPS) is 21.9. The third-order valence-corrected chi connectivity index (χ3v) is 3.46. The van der Waals surface area contributed by atoms with Crippen LogP contribution in [0.4, 0.5) is 0 Å². The summed E-state index contributed by atoms with van der Waals surface area (Å²) in [6, 6.07) is 9.74. The molecule has 0 spiro atoms. The summed E-state index contributed by atoms with van der Waals surface area (Å²) in [5, 5.41) is 9.10. The van der Waals surface area contributed by atoms with Crippen LogP contribution in [0.25, 0.3) is 0 Å². The second-order valence-electron chi connectivity index (χ2n) is 4.94. The van der Waals surface area contributed by atoms with Gasteiger partial charge in [-0.3, -0.25) is 9.69 Å². The zero-order valence-electron chi connectivity index (χ0n) is 10.5. The summed E-state index contributed by atoms with van der Waals surface area (Å²) in [5.74, 6) is -0.723. The monoisotopic (exact) mass is 248 g/mol. The number of aliphatic carboxylic acids is 1. The minimum Gasteiger partial charge on any atom is -0.480 e. The van der Waals surface area contributed by atoms with Gasteiger partial charge in [0.25, 0.3) is 0 Å². The first-order valence-corrected chi connectivity index (χ1v) is 6.43. The van der Waals surface area contributed by atoms with Gasteiger partial charge < -0.3 is 10.8 Å². The highest BCUT2D eigenvalue weighted by Gasteiger charge is 2.31. The lowest BCUT2D eigenvalue weighted by Crippen LogP contribution is -2.44. The molecule has 3 N–H and O–H groups in total. The zero-order valence-corrected chi connectivity index (χ0v) is 10.5. The van der Waals surface area contributed by atoms with Crippen molar-refractivity contribution >= 4 is 5.97 Å². The maximum atomic E-state index is 11.1. The van der Waals surface area contributed by atoms with E-state index in [9.17, 15) is 4.79 Å². The van der Waals surface area contributed by atoms with Crippen molar-refractivity contribution in [3.8, 4) is 0 Å². The van der Waals surface area contributed by atoms with Crippen molar-refractivity contribution in [1.29, 1.82) is 0 Å². The fourth-order valence-corrected chi connectivity index (χ4v) is 2.61. The van der Waals surface area contributed by atoms with Gasteiger partial charge in [-0.2, -0.15) is 0 Å². The van der Waals surface area contributed by atoms with E-state index in [0.717, 1.165) is 25.8 Å². The number of carboxylic acids is 1. The average Bonchev–Trinajstić information content (AvgIpc) is 2.78. The Hall–Kier alpha value is -1.39. The molecule has 4 nitrogen and oxygen atoms in total. The molecule has 0 radical (unpaired) electrons. The van der Waals surface area contributed by atoms with Crippen molar-refractivity contribution in [3.05, 3.63) is 35.9 Å². The summed E-state index contributed by atoms with van der Waals surface area (Å²) in [6.45, 7) is 1.51. The van der Waals surface area contributed by atoms with Crippen molar-refractivity contribution in [2.75, 3.05) is 13.1 Å². The number of carbonyl (C=O) groups is 1. The molecule has 0 saturated carbocycles. The smallest absolute Gasteiger partial charge is 0.320 e. The van der Waals surface area contributed by atoms with E-state index in [-0.39, 0.29) is 12.1 Å². The molecular formula is C14H20N2O2. The van der Waals surface area contributed by atoms with E-state index in [1.807, 2.05) is 23.1 Å². The highest BCUT2D eigenvalue weighted by molar-refractivity contribution is 5.73. The SMILES string of the molecule is NC(Cc1ccccc1)CN1CCC[C@H]1C(=O)O. The van der Waals surface area contributed by atoms with Crippen LogP contribution in [0.2, 0.25) is 0 Å². The number of nitrogens with two attached hydrogens (primary N) is 1. The van der Waals surface area contributed by atoms with E-state index < -0.39 is 5.97 Å². The van der Waals surface area contributed by atoms with Gasteiger partial charge in [0.2, 0.25) is 0 Å². The molecule has 0 aliphatic carbocycles. The Kier molecular flexibility index (Phi) is 4.33. The van der Waals surface area contributed by atoms with Crippen LogP contribution in [0.5, 0.6) is 0 Å². The molecule has 1 fully saturated rings. The molecule has 1 aromatic carbocycles. The third-order valence-electron chi connectivity index (χ3n) is 3.46. The van der Waals surface area contributed by atoms with Crippen LogP contribution in [-0.4, -0.2) is 41.1 Å². The number of hydrogen-bond acceptors (Lipinski definition) is 3. The second kappa shape index (κ2) is 5.98. The molecular weight excluding hydrogens is 228 g/mol. The lowest BCUT2D eigenvalue weighted by Gasteiger charge is -2.24. The molecule has 0 amide bonds. The molecule has 1 heterocycles. The largest absolute Gasteiger partial charge is 0.480 e. The van der Waals surface area contributed by atoms with E-state index in [1.54, 1.807) is 0 Å².